The minimum atomic E-state index is 0.0162. The van der Waals surface area contributed by atoms with Gasteiger partial charge in [0.15, 0.2) is 0 Å². The number of hydrogen-bond donors (Lipinski definition) is 1. The van der Waals surface area contributed by atoms with Gasteiger partial charge in [-0.25, -0.2) is 4.98 Å². The van der Waals surface area contributed by atoms with Crippen LogP contribution in [0, 0.1) is 0 Å². The predicted octanol–water partition coefficient (Wildman–Crippen LogP) is 2.37. The van der Waals surface area contributed by atoms with Crippen molar-refractivity contribution < 1.29 is 4.74 Å². The fraction of sp³-hybridized carbons (Fsp3) is 0.357. The number of para-hydroxylation sites is 1. The van der Waals surface area contributed by atoms with E-state index in [0.29, 0.717) is 6.61 Å². The van der Waals surface area contributed by atoms with E-state index in [9.17, 15) is 0 Å². The highest BCUT2D eigenvalue weighted by Gasteiger charge is 2.05. The molecule has 0 aliphatic rings. The molecule has 0 amide bonds. The van der Waals surface area contributed by atoms with Crippen LogP contribution < -0.4 is 10.5 Å². The molecule has 0 fully saturated rings. The minimum Gasteiger partial charge on any atom is -0.494 e. The summed E-state index contributed by atoms with van der Waals surface area (Å²) in [5.74, 6) is 0.913. The summed E-state index contributed by atoms with van der Waals surface area (Å²) in [7, 11) is 0. The number of nitrogens with two attached hydrogens (primary N) is 1. The van der Waals surface area contributed by atoms with Crippen molar-refractivity contribution in [1.29, 1.82) is 0 Å². The van der Waals surface area contributed by atoms with E-state index >= 15 is 0 Å². The van der Waals surface area contributed by atoms with E-state index in [0.717, 1.165) is 24.4 Å². The van der Waals surface area contributed by atoms with Crippen LogP contribution in [0.5, 0.6) is 5.75 Å². The van der Waals surface area contributed by atoms with Crippen molar-refractivity contribution in [1.82, 2.24) is 9.55 Å². The molecular weight excluding hydrogens is 226 g/mol. The standard InChI is InChI=1S/C14H19N3O/c1-12(15)14-10-16-11-17(14)8-5-9-18-13-6-3-2-4-7-13/h2-4,6-7,10-12H,5,8-9,15H2,1H3/t12-/m0/s1. The van der Waals surface area contributed by atoms with E-state index < -0.39 is 0 Å². The molecule has 0 bridgehead atoms. The molecule has 1 aromatic carbocycles. The lowest BCUT2D eigenvalue weighted by Crippen LogP contribution is -2.13. The number of benzene rings is 1. The van der Waals surface area contributed by atoms with E-state index in [1.807, 2.05) is 49.8 Å². The molecule has 0 saturated heterocycles. The highest BCUT2D eigenvalue weighted by molar-refractivity contribution is 5.20. The molecule has 0 radical (unpaired) electrons. The Kier molecular flexibility index (Phi) is 4.36. The van der Waals surface area contributed by atoms with E-state index in [1.54, 1.807) is 0 Å². The summed E-state index contributed by atoms with van der Waals surface area (Å²) in [4.78, 5) is 4.12. The fourth-order valence-corrected chi connectivity index (χ4v) is 1.84. The summed E-state index contributed by atoms with van der Waals surface area (Å²) < 4.78 is 7.72. The SMILES string of the molecule is C[C@H](N)c1cncn1CCCOc1ccccc1. The van der Waals surface area contributed by atoms with Gasteiger partial charge in [-0.2, -0.15) is 0 Å². The Labute approximate surface area is 107 Å². The first-order valence-corrected chi connectivity index (χ1v) is 6.21. The Morgan fingerprint density at radius 1 is 1.33 bits per heavy atom. The number of nitrogens with zero attached hydrogens (tertiary/aromatic N) is 2. The van der Waals surface area contributed by atoms with Crippen molar-refractivity contribution in [2.45, 2.75) is 25.9 Å². The molecule has 96 valence electrons. The van der Waals surface area contributed by atoms with Crippen LogP contribution in [0.1, 0.15) is 25.1 Å². The van der Waals surface area contributed by atoms with Crippen molar-refractivity contribution in [2.75, 3.05) is 6.61 Å². The number of ether oxygens (including phenoxy) is 1. The first-order chi connectivity index (χ1) is 8.77. The largest absolute Gasteiger partial charge is 0.494 e. The molecule has 1 aromatic heterocycles. The minimum absolute atomic E-state index is 0.0162. The van der Waals surface area contributed by atoms with Crippen LogP contribution in [0.25, 0.3) is 0 Å². The molecular formula is C14H19N3O. The lowest BCUT2D eigenvalue weighted by atomic mass is 10.2. The second kappa shape index (κ2) is 6.21. The van der Waals surface area contributed by atoms with Crippen LogP contribution in [-0.2, 0) is 6.54 Å². The smallest absolute Gasteiger partial charge is 0.119 e. The Bertz CT molecular complexity index is 465. The van der Waals surface area contributed by atoms with Gasteiger partial charge in [0, 0.05) is 18.8 Å². The molecule has 0 unspecified atom stereocenters. The van der Waals surface area contributed by atoms with Crippen LogP contribution in [0.3, 0.4) is 0 Å². The van der Waals surface area contributed by atoms with Crippen molar-refractivity contribution in [3.05, 3.63) is 48.5 Å². The maximum atomic E-state index is 5.86. The molecule has 2 aromatic rings. The number of hydrogen-bond acceptors (Lipinski definition) is 3. The molecule has 2 N–H and O–H groups in total. The summed E-state index contributed by atoms with van der Waals surface area (Å²) >= 11 is 0. The quantitative estimate of drug-likeness (QED) is 0.795. The molecule has 1 heterocycles. The highest BCUT2D eigenvalue weighted by atomic mass is 16.5. The van der Waals surface area contributed by atoms with E-state index in [4.69, 9.17) is 10.5 Å². The van der Waals surface area contributed by atoms with Crippen LogP contribution in [0.2, 0.25) is 0 Å². The highest BCUT2D eigenvalue weighted by Crippen LogP contribution is 2.11. The van der Waals surface area contributed by atoms with Crippen LogP contribution in [0.4, 0.5) is 0 Å². The summed E-state index contributed by atoms with van der Waals surface area (Å²) in [6.45, 7) is 3.54. The molecule has 4 heteroatoms. The molecule has 4 nitrogen and oxygen atoms in total. The van der Waals surface area contributed by atoms with Crippen molar-refractivity contribution in [2.24, 2.45) is 5.73 Å². The molecule has 2 rings (SSSR count). The maximum Gasteiger partial charge on any atom is 0.119 e. The van der Waals surface area contributed by atoms with Gasteiger partial charge in [-0.05, 0) is 25.5 Å². The van der Waals surface area contributed by atoms with Gasteiger partial charge in [-0.15, -0.1) is 0 Å². The number of aryl methyl sites for hydroxylation is 1. The van der Waals surface area contributed by atoms with Crippen LogP contribution >= 0.6 is 0 Å². The molecule has 0 aliphatic heterocycles. The lowest BCUT2D eigenvalue weighted by Gasteiger charge is -2.11. The molecule has 0 saturated carbocycles. The van der Waals surface area contributed by atoms with E-state index in [-0.39, 0.29) is 6.04 Å². The summed E-state index contributed by atoms with van der Waals surface area (Å²) in [6.07, 6.45) is 4.58. The van der Waals surface area contributed by atoms with Gasteiger partial charge in [0.25, 0.3) is 0 Å². The molecule has 0 spiro atoms. The average Bonchev–Trinajstić information content (AvgIpc) is 2.84. The summed E-state index contributed by atoms with van der Waals surface area (Å²) in [6, 6.07) is 9.86. The Morgan fingerprint density at radius 3 is 2.83 bits per heavy atom. The number of aromatic nitrogens is 2. The number of rotatable bonds is 6. The first-order valence-electron chi connectivity index (χ1n) is 6.21. The van der Waals surface area contributed by atoms with Gasteiger partial charge in [-0.1, -0.05) is 18.2 Å². The van der Waals surface area contributed by atoms with Gasteiger partial charge < -0.3 is 15.0 Å². The summed E-state index contributed by atoms with van der Waals surface area (Å²) in [5.41, 5.74) is 6.93. The monoisotopic (exact) mass is 245 g/mol. The zero-order valence-corrected chi connectivity index (χ0v) is 10.6. The second-order valence-corrected chi connectivity index (χ2v) is 4.32. The second-order valence-electron chi connectivity index (χ2n) is 4.32. The van der Waals surface area contributed by atoms with Crippen LogP contribution in [0.15, 0.2) is 42.9 Å². The third kappa shape index (κ3) is 3.34. The Morgan fingerprint density at radius 2 is 2.11 bits per heavy atom. The third-order valence-corrected chi connectivity index (χ3v) is 2.77. The van der Waals surface area contributed by atoms with Crippen molar-refractivity contribution >= 4 is 0 Å². The summed E-state index contributed by atoms with van der Waals surface area (Å²) in [5, 5.41) is 0. The van der Waals surface area contributed by atoms with Gasteiger partial charge in [0.1, 0.15) is 5.75 Å². The predicted molar refractivity (Wildman–Crippen MR) is 71.4 cm³/mol. The van der Waals surface area contributed by atoms with Gasteiger partial charge in [0.05, 0.1) is 18.6 Å². The Balaban J connectivity index is 1.77. The van der Waals surface area contributed by atoms with Crippen LogP contribution in [-0.4, -0.2) is 16.2 Å². The zero-order valence-electron chi connectivity index (χ0n) is 10.6. The average molecular weight is 245 g/mol. The first kappa shape index (κ1) is 12.6. The third-order valence-electron chi connectivity index (χ3n) is 2.77. The van der Waals surface area contributed by atoms with Gasteiger partial charge in [0.2, 0.25) is 0 Å². The molecule has 1 atom stereocenters. The zero-order chi connectivity index (χ0) is 12.8. The topological polar surface area (TPSA) is 53.1 Å². The molecule has 0 aliphatic carbocycles. The van der Waals surface area contributed by atoms with Gasteiger partial charge >= 0.3 is 0 Å². The fourth-order valence-electron chi connectivity index (χ4n) is 1.84. The van der Waals surface area contributed by atoms with Crippen molar-refractivity contribution in [3.63, 3.8) is 0 Å². The normalized spacial score (nSPS) is 12.3. The van der Waals surface area contributed by atoms with Crippen molar-refractivity contribution in [3.8, 4) is 5.75 Å². The van der Waals surface area contributed by atoms with E-state index in [2.05, 4.69) is 9.55 Å². The Hall–Kier alpha value is -1.81. The lowest BCUT2D eigenvalue weighted by molar-refractivity contribution is 0.300. The molecule has 18 heavy (non-hydrogen) atoms. The number of imidazole rings is 1. The maximum absolute atomic E-state index is 5.86. The van der Waals surface area contributed by atoms with Gasteiger partial charge in [-0.3, -0.25) is 0 Å². The van der Waals surface area contributed by atoms with E-state index in [1.165, 1.54) is 0 Å².